The van der Waals surface area contributed by atoms with Crippen LogP contribution in [0.5, 0.6) is 11.5 Å². The Hall–Kier alpha value is -1.01. The number of halogens is 1. The van der Waals surface area contributed by atoms with Gasteiger partial charge in [0.25, 0.3) is 0 Å². The van der Waals surface area contributed by atoms with E-state index in [1.54, 1.807) is 20.8 Å². The molecule has 0 radical (unpaired) electrons. The van der Waals surface area contributed by atoms with Crippen LogP contribution in [0.25, 0.3) is 11.3 Å². The second-order valence-electron chi connectivity index (χ2n) is 5.91. The molecule has 0 unspecified atom stereocenters. The van der Waals surface area contributed by atoms with E-state index in [4.69, 9.17) is 31.2 Å². The summed E-state index contributed by atoms with van der Waals surface area (Å²) in [5.74, 6) is 4.07. The van der Waals surface area contributed by atoms with E-state index in [0.717, 1.165) is 42.8 Å². The van der Waals surface area contributed by atoms with Gasteiger partial charge < -0.3 is 19.6 Å². The quantitative estimate of drug-likeness (QED) is 0.441. The largest absolute Gasteiger partial charge is 2.00 e. The summed E-state index contributed by atoms with van der Waals surface area (Å²) in [4.78, 5) is 0. The van der Waals surface area contributed by atoms with Gasteiger partial charge in [0.2, 0.25) is 0 Å². The molecule has 0 aliphatic rings. The fraction of sp³-hybridized carbons (Fsp3) is 0.429. The average molecular weight is 404 g/mol. The minimum atomic E-state index is 0. The first-order chi connectivity index (χ1) is 12.5. The van der Waals surface area contributed by atoms with E-state index in [2.05, 4.69) is 20.8 Å². The predicted molar refractivity (Wildman–Crippen MR) is 114 cm³/mol. The molecule has 146 valence electrons. The van der Waals surface area contributed by atoms with E-state index in [0.29, 0.717) is 16.5 Å². The van der Waals surface area contributed by atoms with Gasteiger partial charge in [-0.2, -0.15) is 18.4 Å². The van der Waals surface area contributed by atoms with Crippen LogP contribution in [0.2, 0.25) is 5.02 Å². The van der Waals surface area contributed by atoms with Crippen LogP contribution in [0.1, 0.15) is 52.2 Å². The van der Waals surface area contributed by atoms with Crippen molar-refractivity contribution in [3.05, 3.63) is 47.5 Å². The fourth-order valence-electron chi connectivity index (χ4n) is 2.40. The molecule has 0 spiro atoms. The maximum absolute atomic E-state index is 6.18. The van der Waals surface area contributed by atoms with Crippen LogP contribution < -0.4 is 15.2 Å². The van der Waals surface area contributed by atoms with Crippen molar-refractivity contribution in [1.29, 1.82) is 0 Å². The smallest absolute Gasteiger partial charge is 0.496 e. The second-order valence-corrected chi connectivity index (χ2v) is 6.29. The Balaban J connectivity index is 0.00000100. The first-order valence-corrected chi connectivity index (χ1v) is 9.27. The van der Waals surface area contributed by atoms with Crippen molar-refractivity contribution >= 4 is 34.7 Å². The van der Waals surface area contributed by atoms with Crippen LogP contribution in [0, 0.1) is 12.5 Å². The average Bonchev–Trinajstić information content (AvgIpc) is 3.13. The summed E-state index contributed by atoms with van der Waals surface area (Å²) in [6.45, 7) is 8.03. The van der Waals surface area contributed by atoms with Gasteiger partial charge in [-0.1, -0.05) is 50.8 Å². The third-order valence-electron chi connectivity index (χ3n) is 3.84. The molecule has 1 heterocycles. The number of hydrogen-bond acceptors (Lipinski definition) is 4. The molecular weight excluding hydrogens is 374 g/mol. The van der Waals surface area contributed by atoms with Crippen molar-refractivity contribution < 1.29 is 13.9 Å². The second kappa shape index (κ2) is 14.1. The van der Waals surface area contributed by atoms with Crippen LogP contribution >= 0.6 is 11.6 Å². The fourth-order valence-corrected chi connectivity index (χ4v) is 2.66. The van der Waals surface area contributed by atoms with Crippen molar-refractivity contribution in [1.82, 2.24) is 0 Å². The van der Waals surface area contributed by atoms with E-state index in [1.807, 2.05) is 24.3 Å². The number of methoxy groups -OCH3 is 2. The van der Waals surface area contributed by atoms with E-state index in [9.17, 15) is 0 Å². The molecule has 1 aromatic heterocycles. The molecule has 0 fully saturated rings. The van der Waals surface area contributed by atoms with Crippen molar-refractivity contribution in [3.63, 3.8) is 0 Å². The van der Waals surface area contributed by atoms with Gasteiger partial charge in [0.1, 0.15) is 22.3 Å². The number of hydrogen-bond donors (Lipinski definition) is 1. The summed E-state index contributed by atoms with van der Waals surface area (Å²) in [5.41, 5.74) is 5.89. The number of furan rings is 1. The molecule has 1 aromatic carbocycles. The van der Waals surface area contributed by atoms with Crippen LogP contribution in [0.15, 0.2) is 28.7 Å². The monoisotopic (exact) mass is 403 g/mol. The Labute approximate surface area is 184 Å². The predicted octanol–water partition coefficient (Wildman–Crippen LogP) is 5.89. The van der Waals surface area contributed by atoms with Crippen molar-refractivity contribution in [2.45, 2.75) is 46.5 Å². The van der Waals surface area contributed by atoms with Crippen LogP contribution in [0.4, 0.5) is 0 Å². The third kappa shape index (κ3) is 7.86. The van der Waals surface area contributed by atoms with Gasteiger partial charge in [-0.05, 0) is 17.9 Å². The van der Waals surface area contributed by atoms with Crippen LogP contribution in [0.3, 0.4) is 0 Å². The molecule has 0 saturated carbocycles. The Kier molecular flexibility index (Phi) is 13.5. The number of unbranched alkanes of at least 4 members (excludes halogenated alkanes) is 1. The Bertz CT molecular complexity index is 634. The van der Waals surface area contributed by atoms with Gasteiger partial charge in [-0.15, -0.1) is 6.92 Å². The van der Waals surface area contributed by atoms with Gasteiger partial charge in [0.15, 0.2) is 0 Å². The summed E-state index contributed by atoms with van der Waals surface area (Å²) in [6, 6.07) is 7.65. The van der Waals surface area contributed by atoms with Gasteiger partial charge in [-0.25, -0.2) is 0 Å². The summed E-state index contributed by atoms with van der Waals surface area (Å²) in [7, 11) is 3.16. The van der Waals surface area contributed by atoms with Crippen molar-refractivity contribution in [2.24, 2.45) is 5.73 Å². The Morgan fingerprint density at radius 3 is 2.11 bits per heavy atom. The number of nitrogens with two attached hydrogens (primary N) is 1. The van der Waals surface area contributed by atoms with Crippen molar-refractivity contribution in [3.8, 4) is 22.8 Å². The minimum absolute atomic E-state index is 0. The minimum Gasteiger partial charge on any atom is -0.496 e. The van der Waals surface area contributed by atoms with Crippen LogP contribution in [-0.2, 0) is 0 Å². The third-order valence-corrected chi connectivity index (χ3v) is 4.21. The number of benzene rings is 1. The molecule has 2 aromatic rings. The maximum Gasteiger partial charge on any atom is 2.00 e. The van der Waals surface area contributed by atoms with Crippen molar-refractivity contribution in [2.75, 3.05) is 14.2 Å². The summed E-state index contributed by atoms with van der Waals surface area (Å²) in [5, 5.41) is 0.462. The maximum atomic E-state index is 6.18. The molecule has 0 saturated heterocycles. The molecule has 0 bridgehead atoms. The Morgan fingerprint density at radius 2 is 1.70 bits per heavy atom. The molecule has 0 aliphatic carbocycles. The van der Waals surface area contributed by atoms with Gasteiger partial charge in [0.05, 0.1) is 14.2 Å². The molecule has 27 heavy (non-hydrogen) atoms. The topological polar surface area (TPSA) is 57.6 Å². The summed E-state index contributed by atoms with van der Waals surface area (Å²) >= 11 is 6.18. The van der Waals surface area contributed by atoms with Gasteiger partial charge >= 0.3 is 23.1 Å². The summed E-state index contributed by atoms with van der Waals surface area (Å²) in [6.07, 6.45) is 4.33. The zero-order valence-electron chi connectivity index (χ0n) is 17.1. The Morgan fingerprint density at radius 1 is 1.11 bits per heavy atom. The molecule has 2 N–H and O–H groups in total. The first kappa shape index (κ1) is 26.0. The summed E-state index contributed by atoms with van der Waals surface area (Å²) < 4.78 is 16.5. The molecule has 0 aliphatic heterocycles. The van der Waals surface area contributed by atoms with Crippen LogP contribution in [-0.4, -0.2) is 37.3 Å². The van der Waals surface area contributed by atoms with E-state index in [-0.39, 0.29) is 23.1 Å². The SMILES string of the molecule is CCC[C-](C)c1ccc(-c2cc(OC)c(Cl)c(OC)c2)o1.CCC[CH-]N.[Mg+2]. The van der Waals surface area contributed by atoms with Gasteiger partial charge in [-0.3, -0.25) is 6.54 Å². The first-order valence-electron chi connectivity index (χ1n) is 8.90. The number of ether oxygens (including phenoxy) is 2. The number of rotatable bonds is 8. The zero-order valence-corrected chi connectivity index (χ0v) is 19.3. The zero-order chi connectivity index (χ0) is 19.5. The molecule has 6 heteroatoms. The van der Waals surface area contributed by atoms with Gasteiger partial charge in [0, 0.05) is 5.56 Å². The molecule has 4 nitrogen and oxygen atoms in total. The molecule has 2 rings (SSSR count). The van der Waals surface area contributed by atoms with E-state index >= 15 is 0 Å². The van der Waals surface area contributed by atoms with E-state index in [1.165, 1.54) is 5.92 Å². The molecule has 0 amide bonds. The molecular formula is C21H30ClMgNO3. The standard InChI is InChI=1S/C17H20ClO3.C4H10N.Mg/c1-5-6-11(2)13-7-8-14(21-13)12-9-15(19-3)17(18)16(10-12)20-4;1-2-3-4-5;/h7-10H,5-6H2,1-4H3;4H,2-3,5H2,1H3;/q2*-1;+2. The normalized spacial score (nSPS) is 9.74. The van der Waals surface area contributed by atoms with E-state index < -0.39 is 0 Å². The molecule has 0 atom stereocenters.